The van der Waals surface area contributed by atoms with Crippen LogP contribution in [0.2, 0.25) is 19.6 Å². The molecule has 0 fully saturated rings. The van der Waals surface area contributed by atoms with Gasteiger partial charge >= 0.3 is 0 Å². The monoisotopic (exact) mass is 251 g/mol. The first-order valence-electron chi connectivity index (χ1n) is 6.10. The minimum Gasteiger partial charge on any atom is -0.256 e. The Morgan fingerprint density at radius 3 is 2.33 bits per heavy atom. The van der Waals surface area contributed by atoms with E-state index in [9.17, 15) is 0 Å². The highest BCUT2D eigenvalue weighted by Gasteiger charge is 2.08. The van der Waals surface area contributed by atoms with Crippen molar-refractivity contribution in [2.24, 2.45) is 0 Å². The van der Waals surface area contributed by atoms with Gasteiger partial charge < -0.3 is 0 Å². The molecule has 1 heterocycles. The summed E-state index contributed by atoms with van der Waals surface area (Å²) < 4.78 is 0. The van der Waals surface area contributed by atoms with E-state index in [-0.39, 0.29) is 0 Å². The van der Waals surface area contributed by atoms with Gasteiger partial charge in [-0.3, -0.25) is 4.98 Å². The van der Waals surface area contributed by atoms with Gasteiger partial charge in [0.2, 0.25) is 0 Å². The van der Waals surface area contributed by atoms with Gasteiger partial charge in [0.05, 0.1) is 5.69 Å². The van der Waals surface area contributed by atoms with Crippen LogP contribution < -0.4 is 0 Å². The van der Waals surface area contributed by atoms with Gasteiger partial charge in [-0.1, -0.05) is 49.8 Å². The topological polar surface area (TPSA) is 12.9 Å². The van der Waals surface area contributed by atoms with Gasteiger partial charge in [0.1, 0.15) is 8.07 Å². The lowest BCUT2D eigenvalue weighted by molar-refractivity contribution is 1.32. The highest BCUT2D eigenvalue weighted by atomic mass is 28.3. The molecule has 1 aromatic carbocycles. The summed E-state index contributed by atoms with van der Waals surface area (Å²) in [6, 6.07) is 14.2. The lowest BCUT2D eigenvalue weighted by Gasteiger charge is -2.06. The van der Waals surface area contributed by atoms with Crippen LogP contribution >= 0.6 is 0 Å². The highest BCUT2D eigenvalue weighted by Crippen LogP contribution is 2.20. The number of pyridine rings is 1. The molecule has 0 N–H and O–H groups in total. The van der Waals surface area contributed by atoms with Crippen LogP contribution in [-0.4, -0.2) is 13.1 Å². The third kappa shape index (κ3) is 3.32. The lowest BCUT2D eigenvalue weighted by atomic mass is 10.0. The summed E-state index contributed by atoms with van der Waals surface area (Å²) in [6.07, 6.45) is 1.82. The average molecular weight is 251 g/mol. The fraction of sp³-hybridized carbons (Fsp3) is 0.188. The van der Waals surface area contributed by atoms with Gasteiger partial charge in [-0.25, -0.2) is 0 Å². The van der Waals surface area contributed by atoms with Crippen molar-refractivity contribution in [2.45, 2.75) is 19.6 Å². The Balaban J connectivity index is 2.47. The third-order valence-electron chi connectivity index (χ3n) is 2.44. The Bertz CT molecular complexity index is 586. The first-order chi connectivity index (χ1) is 8.56. The van der Waals surface area contributed by atoms with Crippen molar-refractivity contribution in [2.75, 3.05) is 0 Å². The Morgan fingerprint density at radius 2 is 1.67 bits per heavy atom. The SMILES string of the molecule is C[Si](C)(C)C#Cc1ccccc1-c1ccccn1. The molecule has 0 aliphatic heterocycles. The molecule has 0 radical (unpaired) electrons. The van der Waals surface area contributed by atoms with Gasteiger partial charge in [0.15, 0.2) is 0 Å². The van der Waals surface area contributed by atoms with Crippen molar-refractivity contribution in [3.63, 3.8) is 0 Å². The van der Waals surface area contributed by atoms with Crippen molar-refractivity contribution in [1.82, 2.24) is 4.98 Å². The molecule has 90 valence electrons. The predicted octanol–water partition coefficient (Wildman–Crippen LogP) is 3.98. The molecule has 0 amide bonds. The molecule has 0 atom stereocenters. The molecule has 0 aliphatic rings. The van der Waals surface area contributed by atoms with E-state index >= 15 is 0 Å². The van der Waals surface area contributed by atoms with Crippen molar-refractivity contribution in [1.29, 1.82) is 0 Å². The van der Waals surface area contributed by atoms with E-state index in [0.717, 1.165) is 16.8 Å². The normalized spacial score (nSPS) is 10.6. The lowest BCUT2D eigenvalue weighted by Crippen LogP contribution is -2.16. The van der Waals surface area contributed by atoms with E-state index in [4.69, 9.17) is 0 Å². The van der Waals surface area contributed by atoms with Crippen LogP contribution in [0.5, 0.6) is 0 Å². The minimum atomic E-state index is -1.35. The van der Waals surface area contributed by atoms with Crippen LogP contribution in [0.1, 0.15) is 5.56 Å². The zero-order chi connectivity index (χ0) is 13.0. The summed E-state index contributed by atoms with van der Waals surface area (Å²) in [4.78, 5) is 4.40. The number of hydrogen-bond acceptors (Lipinski definition) is 1. The van der Waals surface area contributed by atoms with Crippen LogP contribution in [0.25, 0.3) is 11.3 Å². The number of aromatic nitrogens is 1. The molecule has 1 aromatic heterocycles. The quantitative estimate of drug-likeness (QED) is 0.552. The maximum absolute atomic E-state index is 4.40. The van der Waals surface area contributed by atoms with Gasteiger partial charge in [0.25, 0.3) is 0 Å². The Hall–Kier alpha value is -1.85. The maximum Gasteiger partial charge on any atom is 0.129 e. The van der Waals surface area contributed by atoms with E-state index in [1.165, 1.54) is 0 Å². The van der Waals surface area contributed by atoms with Crippen LogP contribution in [-0.2, 0) is 0 Å². The molecular weight excluding hydrogens is 234 g/mol. The Morgan fingerprint density at radius 1 is 0.944 bits per heavy atom. The molecule has 0 spiro atoms. The Labute approximate surface area is 110 Å². The van der Waals surface area contributed by atoms with Gasteiger partial charge in [-0.15, -0.1) is 5.54 Å². The van der Waals surface area contributed by atoms with Crippen molar-refractivity contribution >= 4 is 8.07 Å². The van der Waals surface area contributed by atoms with Gasteiger partial charge in [-0.2, -0.15) is 0 Å². The molecule has 0 saturated heterocycles. The summed E-state index contributed by atoms with van der Waals surface area (Å²) in [5, 5.41) is 0. The maximum atomic E-state index is 4.40. The van der Waals surface area contributed by atoms with Crippen LogP contribution in [0.3, 0.4) is 0 Å². The molecule has 2 rings (SSSR count). The van der Waals surface area contributed by atoms with Crippen molar-refractivity contribution in [3.8, 4) is 22.7 Å². The van der Waals surface area contributed by atoms with Crippen molar-refractivity contribution in [3.05, 3.63) is 54.2 Å². The molecule has 1 nitrogen and oxygen atoms in total. The first kappa shape index (κ1) is 12.6. The molecule has 0 saturated carbocycles. The van der Waals surface area contributed by atoms with E-state index < -0.39 is 8.07 Å². The van der Waals surface area contributed by atoms with E-state index in [1.54, 1.807) is 0 Å². The summed E-state index contributed by atoms with van der Waals surface area (Å²) in [7, 11) is -1.35. The van der Waals surface area contributed by atoms with E-state index in [2.05, 4.69) is 48.2 Å². The standard InChI is InChI=1S/C16H17NSi/c1-18(2,3)13-11-14-8-4-5-9-15(14)16-10-6-7-12-17-16/h4-10,12H,1-3H3. The second-order valence-corrected chi connectivity index (χ2v) is 10.0. The zero-order valence-corrected chi connectivity index (χ0v) is 12.1. The molecular formula is C16H17NSi. The zero-order valence-electron chi connectivity index (χ0n) is 11.1. The van der Waals surface area contributed by atoms with E-state index in [1.807, 2.05) is 36.5 Å². The first-order valence-corrected chi connectivity index (χ1v) is 9.60. The fourth-order valence-electron chi connectivity index (χ4n) is 1.59. The minimum absolute atomic E-state index is 0.984. The molecule has 0 unspecified atom stereocenters. The largest absolute Gasteiger partial charge is 0.256 e. The van der Waals surface area contributed by atoms with Crippen molar-refractivity contribution < 1.29 is 0 Å². The molecule has 2 heteroatoms. The number of hydrogen-bond donors (Lipinski definition) is 0. The molecule has 2 aromatic rings. The summed E-state index contributed by atoms with van der Waals surface area (Å²) in [5.41, 5.74) is 6.58. The van der Waals surface area contributed by atoms with Crippen LogP contribution in [0.15, 0.2) is 48.7 Å². The van der Waals surface area contributed by atoms with Gasteiger partial charge in [-0.05, 0) is 18.2 Å². The fourth-order valence-corrected chi connectivity index (χ4v) is 2.10. The predicted molar refractivity (Wildman–Crippen MR) is 79.9 cm³/mol. The summed E-state index contributed by atoms with van der Waals surface area (Å²) in [5.74, 6) is 3.32. The average Bonchev–Trinajstić information content (AvgIpc) is 2.37. The second-order valence-electron chi connectivity index (χ2n) is 5.26. The smallest absolute Gasteiger partial charge is 0.129 e. The van der Waals surface area contributed by atoms with Crippen LogP contribution in [0, 0.1) is 11.5 Å². The third-order valence-corrected chi connectivity index (χ3v) is 3.32. The Kier molecular flexibility index (Phi) is 3.64. The van der Waals surface area contributed by atoms with Gasteiger partial charge in [0, 0.05) is 17.3 Å². The number of benzene rings is 1. The summed E-state index contributed by atoms with van der Waals surface area (Å²) in [6.45, 7) is 6.76. The molecule has 0 bridgehead atoms. The van der Waals surface area contributed by atoms with E-state index in [0.29, 0.717) is 0 Å². The number of rotatable bonds is 1. The highest BCUT2D eigenvalue weighted by molar-refractivity contribution is 6.83. The second kappa shape index (κ2) is 5.20. The molecule has 0 aliphatic carbocycles. The van der Waals surface area contributed by atoms with Crippen LogP contribution in [0.4, 0.5) is 0 Å². The summed E-state index contributed by atoms with van der Waals surface area (Å²) >= 11 is 0. The molecule has 18 heavy (non-hydrogen) atoms. The number of nitrogens with zero attached hydrogens (tertiary/aromatic N) is 1.